The molecule has 3 aromatic rings. The third kappa shape index (κ3) is 5.65. The van der Waals surface area contributed by atoms with Crippen molar-refractivity contribution in [3.63, 3.8) is 0 Å². The van der Waals surface area contributed by atoms with Crippen LogP contribution >= 0.6 is 0 Å². The average molecular weight is 613 g/mol. The first-order chi connectivity index (χ1) is 20.7. The summed E-state index contributed by atoms with van der Waals surface area (Å²) < 4.78 is 33.9. The second-order valence-corrected chi connectivity index (χ2v) is 11.8. The molecule has 0 aliphatic carbocycles. The second kappa shape index (κ2) is 11.6. The number of benzene rings is 2. The van der Waals surface area contributed by atoms with Crippen molar-refractivity contribution in [3.8, 4) is 17.2 Å². The number of fused-ring (bicyclic) bond motifs is 2. The molecule has 5 atom stereocenters. The van der Waals surface area contributed by atoms with Gasteiger partial charge in [0.05, 0.1) is 11.0 Å². The Kier molecular flexibility index (Phi) is 8.23. The van der Waals surface area contributed by atoms with E-state index in [1.165, 1.54) is 19.2 Å². The number of rotatable bonds is 7. The molecule has 5 N–H and O–H groups in total. The van der Waals surface area contributed by atoms with Gasteiger partial charge in [0.1, 0.15) is 29.3 Å². The third-order valence-electron chi connectivity index (χ3n) is 8.02. The topological polar surface area (TPSA) is 189 Å². The Bertz CT molecular complexity index is 1660. The van der Waals surface area contributed by atoms with E-state index < -0.39 is 59.3 Å². The molecule has 1 fully saturated rings. The lowest BCUT2D eigenvalue weighted by Crippen LogP contribution is -2.65. The zero-order valence-electron chi connectivity index (χ0n) is 25.2. The Hall–Kier alpha value is -4.33. The maximum absolute atomic E-state index is 13.1. The van der Waals surface area contributed by atoms with Gasteiger partial charge in [0.25, 0.3) is 5.91 Å². The molecule has 3 heterocycles. The number of aryl methyl sites for hydroxylation is 1. The van der Waals surface area contributed by atoms with Crippen LogP contribution in [-0.2, 0) is 20.6 Å². The zero-order chi connectivity index (χ0) is 32.1. The van der Waals surface area contributed by atoms with Gasteiger partial charge in [-0.1, -0.05) is 13.8 Å². The van der Waals surface area contributed by atoms with Crippen molar-refractivity contribution in [1.82, 2.24) is 0 Å². The minimum atomic E-state index is -1.50. The summed E-state index contributed by atoms with van der Waals surface area (Å²) in [5.41, 5.74) is 4.18. The summed E-state index contributed by atoms with van der Waals surface area (Å²) in [6.45, 7) is 9.03. The van der Waals surface area contributed by atoms with Crippen LogP contribution in [0.15, 0.2) is 39.5 Å². The Morgan fingerprint density at radius 2 is 1.91 bits per heavy atom. The number of carbonyl (C=O) groups is 2. The number of ether oxygens (including phenoxy) is 5. The van der Waals surface area contributed by atoms with Gasteiger partial charge >= 0.3 is 11.7 Å². The number of aliphatic hydroxyl groups excluding tert-OH is 1. The van der Waals surface area contributed by atoms with Gasteiger partial charge in [-0.3, -0.25) is 4.79 Å². The first-order valence-electron chi connectivity index (χ1n) is 14.1. The smallest absolute Gasteiger partial charge is 0.404 e. The number of hydrogen-bond donors (Lipinski definition) is 4. The fraction of sp³-hybridized carbons (Fsp3) is 0.452. The number of anilines is 1. The number of nitrogens with two attached hydrogens (primary N) is 1. The predicted octanol–water partition coefficient (Wildman–Crippen LogP) is 3.37. The van der Waals surface area contributed by atoms with E-state index >= 15 is 0 Å². The Morgan fingerprint density at radius 3 is 2.57 bits per heavy atom. The Balaban J connectivity index is 1.40. The van der Waals surface area contributed by atoms with E-state index in [2.05, 4.69) is 19.2 Å². The quantitative estimate of drug-likeness (QED) is 0.286. The lowest BCUT2D eigenvalue weighted by molar-refractivity contribution is -0.304. The van der Waals surface area contributed by atoms with Crippen LogP contribution in [0.2, 0.25) is 0 Å². The minimum Gasteiger partial charge on any atom is -0.505 e. The molecule has 0 spiro atoms. The van der Waals surface area contributed by atoms with E-state index in [1.807, 2.05) is 0 Å². The monoisotopic (exact) mass is 612 g/mol. The van der Waals surface area contributed by atoms with Gasteiger partial charge < -0.3 is 49.4 Å². The standard InChI is InChI=1S/C31H36N2O11/c1-13(2)20-12-16-11-15(7-9-19(16)40-20)27(36)33-21-22(34)17-8-10-18(14(3)24(17)42-28(21)37)41-29-23(35)25(43-30(32)38)26(39-6)31(4,5)44-29/h7-11,13,20,23,25-26,29,34-35H,12H2,1-6H3,(H2,32,38)(H,33,36)/t20-,23-,25+,26-,29-/m1/s1. The van der Waals surface area contributed by atoms with Crippen LogP contribution in [0.3, 0.4) is 0 Å². The molecule has 1 saturated heterocycles. The summed E-state index contributed by atoms with van der Waals surface area (Å²) >= 11 is 0. The van der Waals surface area contributed by atoms with Gasteiger partial charge in [-0.25, -0.2) is 9.59 Å². The van der Waals surface area contributed by atoms with Gasteiger partial charge in [0.15, 0.2) is 23.6 Å². The number of amides is 2. The van der Waals surface area contributed by atoms with Crippen LogP contribution < -0.4 is 26.1 Å². The summed E-state index contributed by atoms with van der Waals surface area (Å²) in [4.78, 5) is 37.6. The first kappa shape index (κ1) is 31.1. The average Bonchev–Trinajstić information content (AvgIpc) is 3.39. The molecule has 44 heavy (non-hydrogen) atoms. The molecule has 5 rings (SSSR count). The molecule has 1 aromatic heterocycles. The van der Waals surface area contributed by atoms with E-state index in [0.29, 0.717) is 29.2 Å². The van der Waals surface area contributed by atoms with Crippen LogP contribution in [0.4, 0.5) is 10.5 Å². The van der Waals surface area contributed by atoms with Gasteiger partial charge in [0, 0.05) is 24.7 Å². The highest BCUT2D eigenvalue weighted by atomic mass is 16.7. The van der Waals surface area contributed by atoms with Crippen LogP contribution in [0.25, 0.3) is 11.0 Å². The van der Waals surface area contributed by atoms with Crippen molar-refractivity contribution in [2.75, 3.05) is 12.4 Å². The number of nitrogens with one attached hydrogen (secondary N) is 1. The summed E-state index contributed by atoms with van der Waals surface area (Å²) in [6, 6.07) is 7.91. The summed E-state index contributed by atoms with van der Waals surface area (Å²) in [7, 11) is 1.38. The van der Waals surface area contributed by atoms with Crippen molar-refractivity contribution in [2.24, 2.45) is 11.7 Å². The molecule has 0 saturated carbocycles. The predicted molar refractivity (Wildman–Crippen MR) is 157 cm³/mol. The van der Waals surface area contributed by atoms with Crippen LogP contribution in [-0.4, -0.2) is 65.6 Å². The molecular weight excluding hydrogens is 576 g/mol. The van der Waals surface area contributed by atoms with E-state index in [-0.39, 0.29) is 22.8 Å². The maximum Gasteiger partial charge on any atom is 0.404 e. The zero-order valence-corrected chi connectivity index (χ0v) is 25.2. The summed E-state index contributed by atoms with van der Waals surface area (Å²) in [5, 5.41) is 24.6. The van der Waals surface area contributed by atoms with Gasteiger partial charge in [-0.2, -0.15) is 0 Å². The lowest BCUT2D eigenvalue weighted by atomic mass is 9.89. The Labute approximate surface area is 252 Å². The fourth-order valence-corrected chi connectivity index (χ4v) is 5.65. The van der Waals surface area contributed by atoms with Crippen molar-refractivity contribution in [3.05, 3.63) is 57.4 Å². The van der Waals surface area contributed by atoms with Gasteiger partial charge in [-0.15, -0.1) is 0 Å². The normalized spacial score (nSPS) is 24.0. The first-order valence-corrected chi connectivity index (χ1v) is 14.1. The van der Waals surface area contributed by atoms with Crippen molar-refractivity contribution in [1.29, 1.82) is 0 Å². The number of aliphatic hydroxyl groups is 1. The molecular formula is C31H36N2O11. The molecule has 0 unspecified atom stereocenters. The van der Waals surface area contributed by atoms with Crippen molar-refractivity contribution >= 4 is 28.7 Å². The number of hydrogen-bond acceptors (Lipinski definition) is 11. The van der Waals surface area contributed by atoms with E-state index in [0.717, 1.165) is 5.56 Å². The van der Waals surface area contributed by atoms with Crippen LogP contribution in [0.5, 0.6) is 17.2 Å². The van der Waals surface area contributed by atoms with E-state index in [1.54, 1.807) is 39.0 Å². The molecule has 0 radical (unpaired) electrons. The number of aromatic hydroxyl groups is 1. The van der Waals surface area contributed by atoms with Gasteiger partial charge in [-0.05, 0) is 62.6 Å². The molecule has 2 aromatic carbocycles. The highest BCUT2D eigenvalue weighted by Crippen LogP contribution is 2.39. The fourth-order valence-electron chi connectivity index (χ4n) is 5.65. The molecule has 13 nitrogen and oxygen atoms in total. The van der Waals surface area contributed by atoms with Crippen LogP contribution in [0.1, 0.15) is 49.2 Å². The largest absolute Gasteiger partial charge is 0.505 e. The van der Waals surface area contributed by atoms with Crippen molar-refractivity contribution in [2.45, 2.75) is 77.3 Å². The minimum absolute atomic E-state index is 0.0123. The number of primary amides is 1. The van der Waals surface area contributed by atoms with Crippen LogP contribution in [0, 0.1) is 12.8 Å². The van der Waals surface area contributed by atoms with Crippen molar-refractivity contribution < 1.29 is 47.9 Å². The molecule has 2 aliphatic rings. The highest BCUT2D eigenvalue weighted by Gasteiger charge is 2.53. The molecule has 2 amide bonds. The second-order valence-electron chi connectivity index (χ2n) is 11.8. The number of carbonyl (C=O) groups excluding carboxylic acids is 2. The number of methoxy groups -OCH3 is 1. The van der Waals surface area contributed by atoms with E-state index in [4.69, 9.17) is 33.8 Å². The molecule has 0 bridgehead atoms. The Morgan fingerprint density at radius 1 is 1.18 bits per heavy atom. The lowest BCUT2D eigenvalue weighted by Gasteiger charge is -2.47. The molecule has 13 heteroatoms. The molecule has 236 valence electrons. The molecule has 2 aliphatic heterocycles. The maximum atomic E-state index is 13.1. The SMILES string of the molecule is CO[C@@H]1[C@@H](OC(N)=O)[C@@H](O)[C@H](Oc2ccc3c(O)c(NC(=O)c4ccc5c(c4)C[C@H](C(C)C)O5)c(=O)oc3c2C)OC1(C)C. The highest BCUT2D eigenvalue weighted by molar-refractivity contribution is 6.06. The summed E-state index contributed by atoms with van der Waals surface area (Å²) in [5.74, 6) is 0.0663. The third-order valence-corrected chi connectivity index (χ3v) is 8.02. The van der Waals surface area contributed by atoms with E-state index in [9.17, 15) is 24.6 Å². The van der Waals surface area contributed by atoms with Gasteiger partial charge in [0.2, 0.25) is 6.29 Å². The summed E-state index contributed by atoms with van der Waals surface area (Å²) in [6.07, 6.45) is -5.36.